The van der Waals surface area contributed by atoms with Gasteiger partial charge in [0.05, 0.1) is 24.1 Å². The smallest absolute Gasteiger partial charge is 0.273 e. The number of nitro groups is 1. The van der Waals surface area contributed by atoms with Crippen molar-refractivity contribution in [3.05, 3.63) is 70.0 Å². The molecule has 0 aliphatic rings. The van der Waals surface area contributed by atoms with Gasteiger partial charge >= 0.3 is 0 Å². The summed E-state index contributed by atoms with van der Waals surface area (Å²) in [5.41, 5.74) is 1.24. The predicted molar refractivity (Wildman–Crippen MR) is 109 cm³/mol. The molecule has 0 atom stereocenters. The molecule has 0 unspecified atom stereocenters. The Morgan fingerprint density at radius 1 is 1.21 bits per heavy atom. The Kier molecular flexibility index (Phi) is 6.45. The number of anilines is 1. The largest absolute Gasteiger partial charge is 0.495 e. The van der Waals surface area contributed by atoms with Crippen molar-refractivity contribution in [1.82, 2.24) is 14.8 Å². The van der Waals surface area contributed by atoms with Crippen LogP contribution in [0.2, 0.25) is 0 Å². The second-order valence-electron chi connectivity index (χ2n) is 6.06. The third-order valence-electron chi connectivity index (χ3n) is 4.17. The minimum Gasteiger partial charge on any atom is -0.495 e. The van der Waals surface area contributed by atoms with Gasteiger partial charge < -0.3 is 14.6 Å². The number of hydrogen-bond acceptors (Lipinski definition) is 7. The lowest BCUT2D eigenvalue weighted by molar-refractivity contribution is -0.385. The first-order valence-electron chi connectivity index (χ1n) is 8.66. The molecule has 29 heavy (non-hydrogen) atoms. The van der Waals surface area contributed by atoms with Crippen LogP contribution in [0.4, 0.5) is 11.4 Å². The Morgan fingerprint density at radius 2 is 1.93 bits per heavy atom. The number of nitrogens with zero attached hydrogens (tertiary/aromatic N) is 4. The van der Waals surface area contributed by atoms with Crippen molar-refractivity contribution in [2.45, 2.75) is 17.3 Å². The molecule has 3 rings (SSSR count). The van der Waals surface area contributed by atoms with Crippen molar-refractivity contribution in [2.75, 3.05) is 12.4 Å². The summed E-state index contributed by atoms with van der Waals surface area (Å²) in [4.78, 5) is 23.1. The molecule has 0 saturated carbocycles. The van der Waals surface area contributed by atoms with Gasteiger partial charge in [-0.2, -0.15) is 0 Å². The van der Waals surface area contributed by atoms with E-state index in [-0.39, 0.29) is 18.0 Å². The van der Waals surface area contributed by atoms with Crippen LogP contribution in [-0.2, 0) is 24.0 Å². The van der Waals surface area contributed by atoms with E-state index < -0.39 is 4.92 Å². The zero-order chi connectivity index (χ0) is 20.8. The van der Waals surface area contributed by atoms with Gasteiger partial charge in [0.2, 0.25) is 5.91 Å². The molecule has 1 aromatic heterocycles. The molecule has 0 aliphatic heterocycles. The maximum atomic E-state index is 12.4. The van der Waals surface area contributed by atoms with Crippen LogP contribution in [0.5, 0.6) is 5.75 Å². The summed E-state index contributed by atoms with van der Waals surface area (Å²) in [7, 11) is 3.29. The predicted octanol–water partition coefficient (Wildman–Crippen LogP) is 3.21. The Hall–Kier alpha value is -3.40. The lowest BCUT2D eigenvalue weighted by Crippen LogP contribution is -2.17. The molecule has 10 heteroatoms. The highest BCUT2D eigenvalue weighted by molar-refractivity contribution is 7.98. The Balaban J connectivity index is 1.65. The highest BCUT2D eigenvalue weighted by Crippen LogP contribution is 2.27. The molecule has 0 saturated heterocycles. The van der Waals surface area contributed by atoms with Crippen LogP contribution in [0.1, 0.15) is 11.4 Å². The molecular weight excluding hydrogens is 394 g/mol. The van der Waals surface area contributed by atoms with Gasteiger partial charge in [-0.1, -0.05) is 42.1 Å². The quantitative estimate of drug-likeness (QED) is 0.343. The number of thioether (sulfide) groups is 1. The van der Waals surface area contributed by atoms with Crippen molar-refractivity contribution >= 4 is 29.0 Å². The van der Waals surface area contributed by atoms with Gasteiger partial charge in [0.1, 0.15) is 11.6 Å². The normalized spacial score (nSPS) is 10.6. The molecule has 3 aromatic rings. The number of amides is 1. The van der Waals surface area contributed by atoms with E-state index in [1.165, 1.54) is 24.9 Å². The zero-order valence-corrected chi connectivity index (χ0v) is 16.7. The van der Waals surface area contributed by atoms with Crippen LogP contribution in [0.3, 0.4) is 0 Å². The van der Waals surface area contributed by atoms with E-state index in [4.69, 9.17) is 4.74 Å². The van der Waals surface area contributed by atoms with E-state index in [0.29, 0.717) is 33.7 Å². The lowest BCUT2D eigenvalue weighted by atomic mass is 10.2. The number of carbonyl (C=O) groups excluding carboxylic acids is 1. The monoisotopic (exact) mass is 413 g/mol. The molecule has 1 amide bonds. The SMILES string of the molecule is COc1ccccc1NC(=O)Cc1nnc(SCc2ccccc2[N+](=O)[O-])n1C. The third kappa shape index (κ3) is 4.91. The number of methoxy groups -OCH3 is 1. The van der Waals surface area contributed by atoms with Crippen LogP contribution in [0.15, 0.2) is 53.7 Å². The number of rotatable bonds is 8. The highest BCUT2D eigenvalue weighted by Gasteiger charge is 2.17. The highest BCUT2D eigenvalue weighted by atomic mass is 32.2. The van der Waals surface area contributed by atoms with Gasteiger partial charge in [0.25, 0.3) is 5.69 Å². The Bertz CT molecular complexity index is 1040. The fraction of sp³-hybridized carbons (Fsp3) is 0.211. The maximum Gasteiger partial charge on any atom is 0.273 e. The molecule has 1 N–H and O–H groups in total. The second kappa shape index (κ2) is 9.20. The number of nitro benzene ring substituents is 1. The van der Waals surface area contributed by atoms with Crippen LogP contribution in [0, 0.1) is 10.1 Å². The Morgan fingerprint density at radius 3 is 2.69 bits per heavy atom. The number of para-hydroxylation sites is 3. The first-order valence-corrected chi connectivity index (χ1v) is 9.64. The van der Waals surface area contributed by atoms with Crippen LogP contribution >= 0.6 is 11.8 Å². The molecule has 0 spiro atoms. The molecule has 1 heterocycles. The average molecular weight is 413 g/mol. The summed E-state index contributed by atoms with van der Waals surface area (Å²) in [5, 5.41) is 22.7. The van der Waals surface area contributed by atoms with Gasteiger partial charge in [0.15, 0.2) is 5.16 Å². The topological polar surface area (TPSA) is 112 Å². The lowest BCUT2D eigenvalue weighted by Gasteiger charge is -2.09. The van der Waals surface area contributed by atoms with Crippen LogP contribution < -0.4 is 10.1 Å². The number of hydrogen-bond donors (Lipinski definition) is 1. The molecule has 0 fully saturated rings. The fourth-order valence-electron chi connectivity index (χ4n) is 2.66. The summed E-state index contributed by atoms with van der Waals surface area (Å²) < 4.78 is 6.94. The first-order chi connectivity index (χ1) is 14.0. The first kappa shape index (κ1) is 20.3. The van der Waals surface area contributed by atoms with Crippen molar-refractivity contribution in [3.8, 4) is 5.75 Å². The minimum absolute atomic E-state index is 0.0353. The number of ether oxygens (including phenoxy) is 1. The molecule has 0 aliphatic carbocycles. The minimum atomic E-state index is -0.403. The van der Waals surface area contributed by atoms with Gasteiger partial charge in [-0.3, -0.25) is 14.9 Å². The second-order valence-corrected chi connectivity index (χ2v) is 7.00. The van der Waals surface area contributed by atoms with E-state index in [1.807, 2.05) is 6.07 Å². The van der Waals surface area contributed by atoms with E-state index in [0.717, 1.165) is 0 Å². The van der Waals surface area contributed by atoms with E-state index in [1.54, 1.807) is 48.0 Å². The average Bonchev–Trinajstić information content (AvgIpc) is 3.06. The van der Waals surface area contributed by atoms with Gasteiger partial charge in [-0.15, -0.1) is 10.2 Å². The summed E-state index contributed by atoms with van der Waals surface area (Å²) in [6.07, 6.45) is 0.0353. The molecule has 0 bridgehead atoms. The summed E-state index contributed by atoms with van der Waals surface area (Å²) in [6, 6.07) is 13.7. The van der Waals surface area contributed by atoms with E-state index >= 15 is 0 Å². The summed E-state index contributed by atoms with van der Waals surface area (Å²) in [5.74, 6) is 1.18. The van der Waals surface area contributed by atoms with Crippen molar-refractivity contribution in [1.29, 1.82) is 0 Å². The van der Waals surface area contributed by atoms with Crippen molar-refractivity contribution < 1.29 is 14.5 Å². The molecule has 9 nitrogen and oxygen atoms in total. The van der Waals surface area contributed by atoms with Gasteiger partial charge in [-0.05, 0) is 12.1 Å². The van der Waals surface area contributed by atoms with Gasteiger partial charge in [-0.25, -0.2) is 0 Å². The van der Waals surface area contributed by atoms with E-state index in [2.05, 4.69) is 15.5 Å². The van der Waals surface area contributed by atoms with Crippen LogP contribution in [-0.4, -0.2) is 32.7 Å². The molecule has 2 aromatic carbocycles. The van der Waals surface area contributed by atoms with E-state index in [9.17, 15) is 14.9 Å². The maximum absolute atomic E-state index is 12.4. The third-order valence-corrected chi connectivity index (χ3v) is 5.24. The van der Waals surface area contributed by atoms with Crippen molar-refractivity contribution in [2.24, 2.45) is 7.05 Å². The molecule has 150 valence electrons. The Labute approximate surface area is 171 Å². The molecular formula is C19H19N5O4S. The molecule has 0 radical (unpaired) electrons. The number of carbonyl (C=O) groups is 1. The number of nitrogens with one attached hydrogen (secondary N) is 1. The number of benzene rings is 2. The standard InChI is InChI=1S/C19H19N5O4S/c1-23-17(11-18(25)20-14-8-4-6-10-16(14)28-2)21-22-19(23)29-12-13-7-3-5-9-15(13)24(26)27/h3-10H,11-12H2,1-2H3,(H,20,25). The summed E-state index contributed by atoms with van der Waals surface area (Å²) >= 11 is 1.32. The fourth-order valence-corrected chi connectivity index (χ4v) is 3.59. The van der Waals surface area contributed by atoms with Crippen molar-refractivity contribution in [3.63, 3.8) is 0 Å². The van der Waals surface area contributed by atoms with Gasteiger partial charge in [0, 0.05) is 24.4 Å². The zero-order valence-electron chi connectivity index (χ0n) is 15.9. The summed E-state index contributed by atoms with van der Waals surface area (Å²) in [6.45, 7) is 0. The number of aromatic nitrogens is 3. The van der Waals surface area contributed by atoms with Crippen LogP contribution in [0.25, 0.3) is 0 Å².